The van der Waals surface area contributed by atoms with Gasteiger partial charge >= 0.3 is 0 Å². The van der Waals surface area contributed by atoms with Crippen LogP contribution in [0.4, 0.5) is 10.1 Å². The molecular formula is C12H13FN4O. The van der Waals surface area contributed by atoms with Crippen LogP contribution >= 0.6 is 0 Å². The van der Waals surface area contributed by atoms with Gasteiger partial charge in [-0.25, -0.2) is 4.39 Å². The number of halogens is 1. The maximum Gasteiger partial charge on any atom is 0.256 e. The number of rotatable bonds is 3. The van der Waals surface area contributed by atoms with Crippen molar-refractivity contribution < 1.29 is 9.18 Å². The first kappa shape index (κ1) is 12.1. The highest BCUT2D eigenvalue weighted by Gasteiger charge is 2.16. The van der Waals surface area contributed by atoms with Crippen LogP contribution in [-0.2, 0) is 6.54 Å². The van der Waals surface area contributed by atoms with Crippen molar-refractivity contribution >= 4 is 11.6 Å². The molecule has 0 unspecified atom stereocenters. The van der Waals surface area contributed by atoms with Crippen LogP contribution in [0.3, 0.4) is 0 Å². The smallest absolute Gasteiger partial charge is 0.256 e. The Kier molecular flexibility index (Phi) is 3.27. The minimum absolute atomic E-state index is 0.0269. The van der Waals surface area contributed by atoms with Gasteiger partial charge in [0.1, 0.15) is 5.82 Å². The largest absolute Gasteiger partial charge is 0.399 e. The average Bonchev–Trinajstić information content (AvgIpc) is 2.84. The Balaban J connectivity index is 2.17. The number of aromatic nitrogens is 2. The molecule has 94 valence electrons. The molecular weight excluding hydrogens is 235 g/mol. The van der Waals surface area contributed by atoms with E-state index in [1.165, 1.54) is 23.1 Å². The molecule has 0 atom stereocenters. The van der Waals surface area contributed by atoms with Crippen LogP contribution in [0, 0.1) is 5.82 Å². The summed E-state index contributed by atoms with van der Waals surface area (Å²) in [5, 5.41) is 6.43. The van der Waals surface area contributed by atoms with Gasteiger partial charge in [-0.3, -0.25) is 9.89 Å². The van der Waals surface area contributed by atoms with E-state index in [0.29, 0.717) is 12.2 Å². The molecule has 1 heterocycles. The number of amides is 1. The third-order valence-corrected chi connectivity index (χ3v) is 2.54. The lowest BCUT2D eigenvalue weighted by Gasteiger charge is -2.16. The van der Waals surface area contributed by atoms with Crippen LogP contribution in [0.5, 0.6) is 0 Å². The van der Waals surface area contributed by atoms with E-state index in [0.717, 1.165) is 5.56 Å². The molecule has 0 bridgehead atoms. The van der Waals surface area contributed by atoms with Crippen molar-refractivity contribution in [3.63, 3.8) is 0 Å². The zero-order valence-corrected chi connectivity index (χ0v) is 9.85. The minimum atomic E-state index is -0.576. The van der Waals surface area contributed by atoms with E-state index in [1.807, 2.05) is 0 Å². The molecule has 18 heavy (non-hydrogen) atoms. The van der Waals surface area contributed by atoms with Crippen LogP contribution in [0.2, 0.25) is 0 Å². The van der Waals surface area contributed by atoms with Crippen LogP contribution in [0.15, 0.2) is 30.6 Å². The normalized spacial score (nSPS) is 10.3. The summed E-state index contributed by atoms with van der Waals surface area (Å²) < 4.78 is 13.5. The zero-order chi connectivity index (χ0) is 13.1. The number of aromatic amines is 1. The Hall–Kier alpha value is -2.37. The number of nitrogen functional groups attached to an aromatic ring is 1. The molecule has 1 amide bonds. The molecule has 0 saturated heterocycles. The third kappa shape index (κ3) is 2.48. The Labute approximate surface area is 103 Å². The van der Waals surface area contributed by atoms with E-state index >= 15 is 0 Å². The third-order valence-electron chi connectivity index (χ3n) is 2.54. The molecule has 0 aliphatic rings. The van der Waals surface area contributed by atoms with Gasteiger partial charge in [0.25, 0.3) is 5.91 Å². The summed E-state index contributed by atoms with van der Waals surface area (Å²) in [6.45, 7) is 0.351. The number of hydrogen-bond acceptors (Lipinski definition) is 3. The first-order valence-corrected chi connectivity index (χ1v) is 5.36. The number of H-pyrrole nitrogens is 1. The molecule has 5 nitrogen and oxygen atoms in total. The van der Waals surface area contributed by atoms with Gasteiger partial charge < -0.3 is 10.6 Å². The Morgan fingerprint density at radius 2 is 2.33 bits per heavy atom. The van der Waals surface area contributed by atoms with E-state index in [4.69, 9.17) is 5.73 Å². The molecule has 2 aromatic rings. The standard InChI is InChI=1S/C12H13FN4O/c1-17(7-8-5-15-16-6-8)12(18)10-4-9(14)2-3-11(10)13/h2-6H,7,14H2,1H3,(H,15,16). The molecule has 1 aromatic carbocycles. The van der Waals surface area contributed by atoms with E-state index in [1.54, 1.807) is 19.4 Å². The summed E-state index contributed by atoms with van der Waals surface area (Å²) in [6.07, 6.45) is 3.29. The summed E-state index contributed by atoms with van der Waals surface area (Å²) in [7, 11) is 1.60. The maximum atomic E-state index is 13.5. The van der Waals surface area contributed by atoms with Gasteiger partial charge in [-0.2, -0.15) is 5.10 Å². The lowest BCUT2D eigenvalue weighted by atomic mass is 10.1. The molecule has 3 N–H and O–H groups in total. The van der Waals surface area contributed by atoms with Gasteiger partial charge in [0.2, 0.25) is 0 Å². The topological polar surface area (TPSA) is 75.0 Å². The fourth-order valence-electron chi connectivity index (χ4n) is 1.62. The highest BCUT2D eigenvalue weighted by molar-refractivity contribution is 5.95. The molecule has 2 rings (SSSR count). The van der Waals surface area contributed by atoms with Crippen molar-refractivity contribution in [2.75, 3.05) is 12.8 Å². The lowest BCUT2D eigenvalue weighted by Crippen LogP contribution is -2.27. The van der Waals surface area contributed by atoms with Crippen molar-refractivity contribution in [2.24, 2.45) is 0 Å². The van der Waals surface area contributed by atoms with E-state index in [2.05, 4.69) is 10.2 Å². The minimum Gasteiger partial charge on any atom is -0.399 e. The summed E-state index contributed by atoms with van der Waals surface area (Å²) in [5.74, 6) is -0.991. The first-order valence-electron chi connectivity index (χ1n) is 5.36. The maximum absolute atomic E-state index is 13.5. The van der Waals surface area contributed by atoms with Gasteiger partial charge in [-0.15, -0.1) is 0 Å². The first-order chi connectivity index (χ1) is 8.58. The second kappa shape index (κ2) is 4.87. The Morgan fingerprint density at radius 1 is 1.56 bits per heavy atom. The molecule has 0 fully saturated rings. The zero-order valence-electron chi connectivity index (χ0n) is 9.85. The summed E-state index contributed by atoms with van der Waals surface area (Å²) in [4.78, 5) is 13.4. The number of hydrogen-bond donors (Lipinski definition) is 2. The Morgan fingerprint density at radius 3 is 3.00 bits per heavy atom. The number of nitrogens with one attached hydrogen (secondary N) is 1. The van der Waals surface area contributed by atoms with E-state index < -0.39 is 11.7 Å². The van der Waals surface area contributed by atoms with Crippen molar-refractivity contribution in [1.29, 1.82) is 0 Å². The molecule has 0 aliphatic heterocycles. The van der Waals surface area contributed by atoms with Gasteiger partial charge in [0, 0.05) is 31.0 Å². The highest BCUT2D eigenvalue weighted by atomic mass is 19.1. The van der Waals surface area contributed by atoms with Crippen molar-refractivity contribution in [3.8, 4) is 0 Å². The fourth-order valence-corrected chi connectivity index (χ4v) is 1.62. The predicted octanol–water partition coefficient (Wildman–Crippen LogP) is 1.40. The SMILES string of the molecule is CN(Cc1cn[nH]c1)C(=O)c1cc(N)ccc1F. The predicted molar refractivity (Wildman–Crippen MR) is 65.2 cm³/mol. The summed E-state index contributed by atoms with van der Waals surface area (Å²) in [5.41, 5.74) is 6.72. The van der Waals surface area contributed by atoms with Crippen molar-refractivity contribution in [2.45, 2.75) is 6.54 Å². The molecule has 1 aromatic heterocycles. The van der Waals surface area contributed by atoms with Gasteiger partial charge in [-0.1, -0.05) is 0 Å². The Bertz CT molecular complexity index is 553. The van der Waals surface area contributed by atoms with Crippen LogP contribution in [0.1, 0.15) is 15.9 Å². The van der Waals surface area contributed by atoms with Crippen molar-refractivity contribution in [3.05, 3.63) is 47.5 Å². The molecule has 6 heteroatoms. The monoisotopic (exact) mass is 248 g/mol. The summed E-state index contributed by atoms with van der Waals surface area (Å²) >= 11 is 0. The van der Waals surface area contributed by atoms with Crippen LogP contribution in [0.25, 0.3) is 0 Å². The van der Waals surface area contributed by atoms with Gasteiger partial charge in [0.05, 0.1) is 11.8 Å². The number of anilines is 1. The summed E-state index contributed by atoms with van der Waals surface area (Å²) in [6, 6.07) is 3.94. The second-order valence-electron chi connectivity index (χ2n) is 4.01. The van der Waals surface area contributed by atoms with Gasteiger partial charge in [-0.05, 0) is 18.2 Å². The molecule has 0 aliphatic carbocycles. The molecule has 0 saturated carbocycles. The van der Waals surface area contributed by atoms with E-state index in [-0.39, 0.29) is 5.56 Å². The van der Waals surface area contributed by atoms with Crippen LogP contribution < -0.4 is 5.73 Å². The second-order valence-corrected chi connectivity index (χ2v) is 4.01. The number of carbonyl (C=O) groups excluding carboxylic acids is 1. The lowest BCUT2D eigenvalue weighted by molar-refractivity contribution is 0.0780. The van der Waals surface area contributed by atoms with Crippen molar-refractivity contribution in [1.82, 2.24) is 15.1 Å². The number of benzene rings is 1. The number of nitrogens with zero attached hydrogens (tertiary/aromatic N) is 2. The average molecular weight is 248 g/mol. The van der Waals surface area contributed by atoms with Gasteiger partial charge in [0.15, 0.2) is 0 Å². The quantitative estimate of drug-likeness (QED) is 0.806. The number of carbonyl (C=O) groups is 1. The van der Waals surface area contributed by atoms with E-state index in [9.17, 15) is 9.18 Å². The number of nitrogens with two attached hydrogens (primary N) is 1. The fraction of sp³-hybridized carbons (Fsp3) is 0.167. The molecule has 0 spiro atoms. The molecule has 0 radical (unpaired) electrons. The highest BCUT2D eigenvalue weighted by Crippen LogP contribution is 2.15. The van der Waals surface area contributed by atoms with Crippen LogP contribution in [-0.4, -0.2) is 28.1 Å².